The monoisotopic (exact) mass is 395 g/mol. The van der Waals surface area contributed by atoms with Crippen LogP contribution in [-0.4, -0.2) is 36.4 Å². The third-order valence-corrected chi connectivity index (χ3v) is 6.93. The van der Waals surface area contributed by atoms with Gasteiger partial charge in [0.15, 0.2) is 0 Å². The third kappa shape index (κ3) is 4.01. The first-order valence-electron chi connectivity index (χ1n) is 10.8. The summed E-state index contributed by atoms with van der Waals surface area (Å²) >= 11 is 0. The summed E-state index contributed by atoms with van der Waals surface area (Å²) in [5, 5.41) is 11.5. The number of piperidine rings is 1. The van der Waals surface area contributed by atoms with Crippen LogP contribution in [0.1, 0.15) is 54.8 Å². The van der Waals surface area contributed by atoms with Crippen LogP contribution in [0.5, 0.6) is 11.5 Å². The summed E-state index contributed by atoms with van der Waals surface area (Å²) in [4.78, 5) is 2.53. The van der Waals surface area contributed by atoms with Crippen LogP contribution in [0.25, 0.3) is 0 Å². The molecule has 3 atom stereocenters. The molecular weight excluding hydrogens is 362 g/mol. The standard InChI is InChI=1S/C25H33NO3/c1-18-7-9-19(10-8-18)17-26-15-14-25(27)13-5-4-6-22(25)24(26)21-16-20(28-2)11-12-23(21)29-3/h7-12,16,22,24,27H,4-6,13-15,17H2,1-3H3/t22-,24+,25+/m1/s1. The van der Waals surface area contributed by atoms with E-state index in [1.54, 1.807) is 14.2 Å². The highest BCUT2D eigenvalue weighted by Gasteiger charge is 2.49. The molecule has 0 spiro atoms. The second-order valence-corrected chi connectivity index (χ2v) is 8.71. The molecule has 0 radical (unpaired) electrons. The van der Waals surface area contributed by atoms with Gasteiger partial charge in [0.05, 0.1) is 19.8 Å². The molecule has 4 heteroatoms. The van der Waals surface area contributed by atoms with E-state index in [-0.39, 0.29) is 12.0 Å². The molecular formula is C25H33NO3. The molecule has 1 N–H and O–H groups in total. The van der Waals surface area contributed by atoms with E-state index in [1.165, 1.54) is 17.5 Å². The Kier molecular flexibility index (Phi) is 5.84. The van der Waals surface area contributed by atoms with Crippen LogP contribution in [0.3, 0.4) is 0 Å². The second kappa shape index (κ2) is 8.37. The summed E-state index contributed by atoms with van der Waals surface area (Å²) in [7, 11) is 3.43. The van der Waals surface area contributed by atoms with Crippen LogP contribution in [0, 0.1) is 12.8 Å². The molecule has 1 aliphatic carbocycles. The van der Waals surface area contributed by atoms with Gasteiger partial charge < -0.3 is 14.6 Å². The van der Waals surface area contributed by atoms with E-state index in [9.17, 15) is 5.11 Å². The van der Waals surface area contributed by atoms with Gasteiger partial charge in [0.25, 0.3) is 0 Å². The maximum absolute atomic E-state index is 11.5. The Bertz CT molecular complexity index is 834. The number of rotatable bonds is 5. The molecule has 1 saturated carbocycles. The van der Waals surface area contributed by atoms with Gasteiger partial charge in [-0.1, -0.05) is 42.7 Å². The van der Waals surface area contributed by atoms with E-state index in [0.29, 0.717) is 0 Å². The molecule has 1 heterocycles. The molecule has 4 nitrogen and oxygen atoms in total. The Hall–Kier alpha value is -2.04. The van der Waals surface area contributed by atoms with Crippen LogP contribution in [0.4, 0.5) is 0 Å². The van der Waals surface area contributed by atoms with Crippen molar-refractivity contribution in [1.29, 1.82) is 0 Å². The number of aliphatic hydroxyl groups is 1. The number of aryl methyl sites for hydroxylation is 1. The minimum atomic E-state index is -0.583. The van der Waals surface area contributed by atoms with Crippen molar-refractivity contribution in [3.05, 3.63) is 59.2 Å². The van der Waals surface area contributed by atoms with E-state index < -0.39 is 5.60 Å². The van der Waals surface area contributed by atoms with Crippen molar-refractivity contribution >= 4 is 0 Å². The summed E-state index contributed by atoms with van der Waals surface area (Å²) in [6.07, 6.45) is 5.08. The number of ether oxygens (including phenoxy) is 2. The summed E-state index contributed by atoms with van der Waals surface area (Å²) in [6.45, 7) is 3.88. The van der Waals surface area contributed by atoms with E-state index in [0.717, 1.165) is 55.8 Å². The Balaban J connectivity index is 1.75. The van der Waals surface area contributed by atoms with Crippen LogP contribution in [0.15, 0.2) is 42.5 Å². The fourth-order valence-corrected chi connectivity index (χ4v) is 5.33. The van der Waals surface area contributed by atoms with Crippen LogP contribution >= 0.6 is 0 Å². The zero-order valence-electron chi connectivity index (χ0n) is 17.9. The first-order chi connectivity index (χ1) is 14.0. The second-order valence-electron chi connectivity index (χ2n) is 8.71. The van der Waals surface area contributed by atoms with Gasteiger partial charge in [-0.2, -0.15) is 0 Å². The topological polar surface area (TPSA) is 41.9 Å². The number of nitrogens with zero attached hydrogens (tertiary/aromatic N) is 1. The minimum absolute atomic E-state index is 0.111. The Morgan fingerprint density at radius 2 is 1.83 bits per heavy atom. The van der Waals surface area contributed by atoms with Crippen molar-refractivity contribution in [3.8, 4) is 11.5 Å². The average Bonchev–Trinajstić information content (AvgIpc) is 2.74. The Morgan fingerprint density at radius 3 is 2.55 bits per heavy atom. The van der Waals surface area contributed by atoms with Crippen molar-refractivity contribution in [2.24, 2.45) is 5.92 Å². The van der Waals surface area contributed by atoms with Crippen molar-refractivity contribution in [2.75, 3.05) is 20.8 Å². The molecule has 29 heavy (non-hydrogen) atoms. The maximum Gasteiger partial charge on any atom is 0.123 e. The summed E-state index contributed by atoms with van der Waals surface area (Å²) in [6, 6.07) is 15.0. The largest absolute Gasteiger partial charge is 0.497 e. The lowest BCUT2D eigenvalue weighted by Crippen LogP contribution is -2.54. The normalized spacial score (nSPS) is 27.3. The highest BCUT2D eigenvalue weighted by Crippen LogP contribution is 2.51. The number of methoxy groups -OCH3 is 2. The van der Waals surface area contributed by atoms with Gasteiger partial charge >= 0.3 is 0 Å². The van der Waals surface area contributed by atoms with Gasteiger partial charge in [0.2, 0.25) is 0 Å². The van der Waals surface area contributed by atoms with Crippen LogP contribution in [0.2, 0.25) is 0 Å². The molecule has 1 saturated heterocycles. The molecule has 1 aliphatic heterocycles. The summed E-state index contributed by atoms with van der Waals surface area (Å²) in [5.74, 6) is 1.91. The lowest BCUT2D eigenvalue weighted by molar-refractivity contribution is -0.126. The van der Waals surface area contributed by atoms with E-state index in [4.69, 9.17) is 9.47 Å². The highest BCUT2D eigenvalue weighted by molar-refractivity contribution is 5.43. The fraction of sp³-hybridized carbons (Fsp3) is 0.520. The molecule has 2 aromatic rings. The maximum atomic E-state index is 11.5. The molecule has 0 amide bonds. The highest BCUT2D eigenvalue weighted by atomic mass is 16.5. The van der Waals surface area contributed by atoms with Gasteiger partial charge in [0.1, 0.15) is 11.5 Å². The molecule has 2 aromatic carbocycles. The zero-order valence-corrected chi connectivity index (χ0v) is 17.9. The van der Waals surface area contributed by atoms with E-state index in [2.05, 4.69) is 42.2 Å². The van der Waals surface area contributed by atoms with Crippen molar-refractivity contribution < 1.29 is 14.6 Å². The van der Waals surface area contributed by atoms with Gasteiger partial charge in [0, 0.05) is 30.6 Å². The van der Waals surface area contributed by atoms with E-state index in [1.807, 2.05) is 12.1 Å². The van der Waals surface area contributed by atoms with Crippen LogP contribution in [-0.2, 0) is 6.54 Å². The smallest absolute Gasteiger partial charge is 0.123 e. The lowest BCUT2D eigenvalue weighted by atomic mass is 9.66. The van der Waals surface area contributed by atoms with Crippen LogP contribution < -0.4 is 9.47 Å². The van der Waals surface area contributed by atoms with Gasteiger partial charge in [-0.3, -0.25) is 4.90 Å². The predicted molar refractivity (Wildman–Crippen MR) is 115 cm³/mol. The molecule has 0 aromatic heterocycles. The van der Waals surface area contributed by atoms with E-state index >= 15 is 0 Å². The fourth-order valence-electron chi connectivity index (χ4n) is 5.33. The molecule has 4 rings (SSSR count). The first-order valence-corrected chi connectivity index (χ1v) is 10.8. The zero-order chi connectivity index (χ0) is 20.4. The molecule has 0 unspecified atom stereocenters. The quantitative estimate of drug-likeness (QED) is 0.783. The van der Waals surface area contributed by atoms with Gasteiger partial charge in [-0.05, 0) is 49.9 Å². The predicted octanol–water partition coefficient (Wildman–Crippen LogP) is 4.88. The number of hydrogen-bond donors (Lipinski definition) is 1. The molecule has 2 aliphatic rings. The minimum Gasteiger partial charge on any atom is -0.497 e. The molecule has 0 bridgehead atoms. The van der Waals surface area contributed by atoms with Crippen molar-refractivity contribution in [3.63, 3.8) is 0 Å². The average molecular weight is 396 g/mol. The summed E-state index contributed by atoms with van der Waals surface area (Å²) < 4.78 is 11.3. The number of fused-ring (bicyclic) bond motifs is 1. The van der Waals surface area contributed by atoms with Gasteiger partial charge in [-0.25, -0.2) is 0 Å². The van der Waals surface area contributed by atoms with Crippen molar-refractivity contribution in [2.45, 2.75) is 57.2 Å². The molecule has 2 fully saturated rings. The van der Waals surface area contributed by atoms with Gasteiger partial charge in [-0.15, -0.1) is 0 Å². The SMILES string of the molecule is COc1ccc(OC)c([C@H]2[C@H]3CCCC[C@]3(O)CCN2Cc2ccc(C)cc2)c1. The number of benzene rings is 2. The summed E-state index contributed by atoms with van der Waals surface area (Å²) in [5.41, 5.74) is 3.13. The lowest BCUT2D eigenvalue weighted by Gasteiger charge is -2.53. The number of likely N-dealkylation sites (tertiary alicyclic amines) is 1. The first kappa shape index (κ1) is 20.2. The third-order valence-electron chi connectivity index (χ3n) is 6.93. The van der Waals surface area contributed by atoms with Crippen molar-refractivity contribution in [1.82, 2.24) is 4.90 Å². The Labute approximate surface area is 174 Å². The molecule has 156 valence electrons. The number of hydrogen-bond acceptors (Lipinski definition) is 4. The Morgan fingerprint density at radius 1 is 1.03 bits per heavy atom.